The number of carbonyl (C=O) groups excluding carboxylic acids is 3. The van der Waals surface area contributed by atoms with Crippen molar-refractivity contribution >= 4 is 23.4 Å². The Kier molecular flexibility index (Phi) is 8.37. The van der Waals surface area contributed by atoms with Crippen molar-refractivity contribution in [3.8, 4) is 0 Å². The molecule has 2 aliphatic carbocycles. The molecule has 212 valence electrons. The molecule has 0 bridgehead atoms. The third kappa shape index (κ3) is 7.19. The summed E-state index contributed by atoms with van der Waals surface area (Å²) < 4.78 is 42.8. The zero-order valence-electron chi connectivity index (χ0n) is 22.6. The predicted molar refractivity (Wildman–Crippen MR) is 140 cm³/mol. The summed E-state index contributed by atoms with van der Waals surface area (Å²) in [4.78, 5) is 39.0. The molecule has 1 aromatic heterocycles. The Morgan fingerprint density at radius 1 is 1.05 bits per heavy atom. The van der Waals surface area contributed by atoms with Crippen molar-refractivity contribution in [2.75, 3.05) is 11.9 Å². The van der Waals surface area contributed by atoms with E-state index >= 15 is 4.39 Å². The molecule has 2 aliphatic rings. The van der Waals surface area contributed by atoms with Crippen LogP contribution >= 0.6 is 0 Å². The molecule has 2 aromatic rings. The van der Waals surface area contributed by atoms with E-state index in [0.717, 1.165) is 31.7 Å². The van der Waals surface area contributed by atoms with E-state index in [1.165, 1.54) is 25.3 Å². The first kappa shape index (κ1) is 28.6. The third-order valence-electron chi connectivity index (χ3n) is 7.40. The Morgan fingerprint density at radius 2 is 1.69 bits per heavy atom. The van der Waals surface area contributed by atoms with E-state index in [0.29, 0.717) is 24.5 Å². The smallest absolute Gasteiger partial charge is 0.270 e. The Bertz CT molecular complexity index is 1210. The lowest BCUT2D eigenvalue weighted by Gasteiger charge is -2.28. The minimum atomic E-state index is -3.06. The fraction of sp³-hybridized carbons (Fsp3) is 0.571. The second-order valence-electron chi connectivity index (χ2n) is 11.2. The summed E-state index contributed by atoms with van der Waals surface area (Å²) in [6, 6.07) is 4.62. The molecule has 0 saturated heterocycles. The second kappa shape index (κ2) is 11.4. The van der Waals surface area contributed by atoms with Crippen LogP contribution in [0.15, 0.2) is 30.5 Å². The Morgan fingerprint density at radius 3 is 2.23 bits per heavy atom. The van der Waals surface area contributed by atoms with E-state index in [9.17, 15) is 23.2 Å². The first-order chi connectivity index (χ1) is 18.4. The highest BCUT2D eigenvalue weighted by molar-refractivity contribution is 6.01. The molecular weight excluding hydrogens is 511 g/mol. The Labute approximate surface area is 226 Å². The number of carbonyl (C=O) groups is 3. The van der Waals surface area contributed by atoms with Crippen LogP contribution in [0, 0.1) is 23.6 Å². The van der Waals surface area contributed by atoms with Crippen molar-refractivity contribution in [2.45, 2.75) is 77.3 Å². The fourth-order valence-corrected chi connectivity index (χ4v) is 5.01. The topological polar surface area (TPSA) is 105 Å². The molecule has 2 saturated carbocycles. The maximum Gasteiger partial charge on any atom is 0.270 e. The zero-order chi connectivity index (χ0) is 28.5. The molecule has 4 rings (SSSR count). The van der Waals surface area contributed by atoms with Crippen molar-refractivity contribution in [1.29, 1.82) is 0 Å². The molecule has 8 nitrogen and oxygen atoms in total. The summed E-state index contributed by atoms with van der Waals surface area (Å²) in [5, 5.41) is 11.9. The van der Waals surface area contributed by atoms with Gasteiger partial charge < -0.3 is 16.0 Å². The number of halogens is 3. The highest BCUT2D eigenvalue weighted by Crippen LogP contribution is 2.51. The van der Waals surface area contributed by atoms with E-state index in [-0.39, 0.29) is 23.2 Å². The number of anilines is 1. The molecule has 2 atom stereocenters. The van der Waals surface area contributed by atoms with E-state index < -0.39 is 48.0 Å². The number of nitrogens with zero attached hydrogens (tertiary/aromatic N) is 2. The van der Waals surface area contributed by atoms with Crippen LogP contribution in [0.3, 0.4) is 0 Å². The highest BCUT2D eigenvalue weighted by Gasteiger charge is 2.48. The van der Waals surface area contributed by atoms with Gasteiger partial charge in [-0.2, -0.15) is 5.10 Å². The van der Waals surface area contributed by atoms with Gasteiger partial charge in [-0.25, -0.2) is 13.2 Å². The average molecular weight is 548 g/mol. The monoisotopic (exact) mass is 547 g/mol. The van der Waals surface area contributed by atoms with Gasteiger partial charge in [0.05, 0.1) is 18.2 Å². The van der Waals surface area contributed by atoms with E-state index in [1.807, 2.05) is 13.8 Å². The van der Waals surface area contributed by atoms with Gasteiger partial charge >= 0.3 is 0 Å². The van der Waals surface area contributed by atoms with Crippen molar-refractivity contribution in [1.82, 2.24) is 20.4 Å². The molecule has 39 heavy (non-hydrogen) atoms. The maximum absolute atomic E-state index is 15.1. The fourth-order valence-electron chi connectivity index (χ4n) is 5.01. The second-order valence-corrected chi connectivity index (χ2v) is 11.2. The number of hydrogen-bond donors (Lipinski definition) is 3. The number of hydrogen-bond acceptors (Lipinski definition) is 4. The summed E-state index contributed by atoms with van der Waals surface area (Å²) in [6.07, 6.45) is 5.47. The predicted octanol–water partition coefficient (Wildman–Crippen LogP) is 4.65. The Balaban J connectivity index is 1.50. The summed E-state index contributed by atoms with van der Waals surface area (Å²) in [5.41, 5.74) is 0.535. The molecule has 0 radical (unpaired) electrons. The van der Waals surface area contributed by atoms with Gasteiger partial charge in [0, 0.05) is 19.2 Å². The summed E-state index contributed by atoms with van der Waals surface area (Å²) in [5.74, 6) is -5.69. The van der Waals surface area contributed by atoms with Crippen molar-refractivity contribution in [3.63, 3.8) is 0 Å². The Hall–Kier alpha value is -3.37. The van der Waals surface area contributed by atoms with Crippen LogP contribution in [0.2, 0.25) is 0 Å². The van der Waals surface area contributed by atoms with Crippen LogP contribution < -0.4 is 16.0 Å². The SMILES string of the molecule is CC(C)n1nccc1C(=O)N[C@H](C(=O)Nc1ccc([C@H](C)C(=O)NCC(C)(F)F)cc1F)C(C1CC1)C1CC1. The lowest BCUT2D eigenvalue weighted by atomic mass is 9.88. The van der Waals surface area contributed by atoms with Crippen molar-refractivity contribution in [3.05, 3.63) is 47.5 Å². The van der Waals surface area contributed by atoms with E-state index in [2.05, 4.69) is 21.0 Å². The van der Waals surface area contributed by atoms with Crippen LogP contribution in [0.5, 0.6) is 0 Å². The van der Waals surface area contributed by atoms with Crippen LogP contribution in [0.1, 0.15) is 81.4 Å². The van der Waals surface area contributed by atoms with E-state index in [4.69, 9.17) is 0 Å². The standard InChI is InChI=1S/C28H36F3N5O3/c1-15(2)36-22(11-12-33-36)26(38)35-24(23(17-5-6-17)18-7-8-18)27(39)34-21-10-9-19(13-20(21)29)16(3)25(37)32-14-28(4,30)31/h9-13,15-18,23-24H,5-8,14H2,1-4H3,(H,32,37)(H,34,39)(H,35,38)/t16-,24-/m0/s1. The lowest BCUT2D eigenvalue weighted by Crippen LogP contribution is -2.50. The maximum atomic E-state index is 15.1. The number of benzene rings is 1. The quantitative estimate of drug-likeness (QED) is 0.360. The largest absolute Gasteiger partial charge is 0.350 e. The molecule has 3 N–H and O–H groups in total. The summed E-state index contributed by atoms with van der Waals surface area (Å²) >= 11 is 0. The van der Waals surface area contributed by atoms with Crippen LogP contribution in [0.25, 0.3) is 0 Å². The van der Waals surface area contributed by atoms with Crippen LogP contribution in [0.4, 0.5) is 18.9 Å². The molecule has 0 aliphatic heterocycles. The lowest BCUT2D eigenvalue weighted by molar-refractivity contribution is -0.124. The van der Waals surface area contributed by atoms with Gasteiger partial charge in [0.15, 0.2) is 0 Å². The van der Waals surface area contributed by atoms with Gasteiger partial charge in [-0.1, -0.05) is 6.07 Å². The van der Waals surface area contributed by atoms with Gasteiger partial charge in [-0.15, -0.1) is 0 Å². The zero-order valence-corrected chi connectivity index (χ0v) is 22.6. The van der Waals surface area contributed by atoms with Crippen LogP contribution in [-0.4, -0.2) is 46.0 Å². The normalized spacial score (nSPS) is 17.2. The van der Waals surface area contributed by atoms with Gasteiger partial charge in [0.1, 0.15) is 17.6 Å². The number of aromatic nitrogens is 2. The highest BCUT2D eigenvalue weighted by atomic mass is 19.3. The van der Waals surface area contributed by atoms with Gasteiger partial charge in [0.25, 0.3) is 11.8 Å². The minimum absolute atomic E-state index is 0.0490. The summed E-state index contributed by atoms with van der Waals surface area (Å²) in [6.45, 7) is 5.17. The number of amides is 3. The molecular formula is C28H36F3N5O3. The minimum Gasteiger partial charge on any atom is -0.350 e. The number of alkyl halides is 2. The van der Waals surface area contributed by atoms with Crippen LogP contribution in [-0.2, 0) is 9.59 Å². The molecule has 2 fully saturated rings. The number of rotatable bonds is 12. The molecule has 1 heterocycles. The molecule has 0 spiro atoms. The van der Waals surface area contributed by atoms with Gasteiger partial charge in [0.2, 0.25) is 11.8 Å². The summed E-state index contributed by atoms with van der Waals surface area (Å²) in [7, 11) is 0. The first-order valence-corrected chi connectivity index (χ1v) is 13.5. The molecule has 0 unspecified atom stereocenters. The third-order valence-corrected chi connectivity index (χ3v) is 7.40. The first-order valence-electron chi connectivity index (χ1n) is 13.5. The molecule has 3 amide bonds. The molecule has 1 aromatic carbocycles. The van der Waals surface area contributed by atoms with Crippen molar-refractivity contribution in [2.24, 2.45) is 17.8 Å². The number of nitrogens with one attached hydrogen (secondary N) is 3. The van der Waals surface area contributed by atoms with Gasteiger partial charge in [-0.05, 0) is 88.0 Å². The van der Waals surface area contributed by atoms with E-state index in [1.54, 1.807) is 10.7 Å². The van der Waals surface area contributed by atoms with Crippen molar-refractivity contribution < 1.29 is 27.6 Å². The molecule has 11 heteroatoms. The van der Waals surface area contributed by atoms with Gasteiger partial charge in [-0.3, -0.25) is 19.1 Å². The average Bonchev–Trinajstić information content (AvgIpc) is 3.81.